The van der Waals surface area contributed by atoms with Crippen molar-refractivity contribution in [3.63, 3.8) is 0 Å². The van der Waals surface area contributed by atoms with Gasteiger partial charge in [-0.3, -0.25) is 24.0 Å². The molecule has 4 aromatic rings. The minimum absolute atomic E-state index is 0.132. The highest BCUT2D eigenvalue weighted by Gasteiger charge is 2.45. The number of methoxy groups -OCH3 is 2. The van der Waals surface area contributed by atoms with Gasteiger partial charge < -0.3 is 45.7 Å². The first-order valence-electron chi connectivity index (χ1n) is 28.2. The van der Waals surface area contributed by atoms with Crippen LogP contribution < -0.4 is 31.2 Å². The maximum absolute atomic E-state index is 14.0. The predicted octanol–water partition coefficient (Wildman–Crippen LogP) is 8.43. The molecule has 15 nitrogen and oxygen atoms in total. The summed E-state index contributed by atoms with van der Waals surface area (Å²) in [6, 6.07) is 32.7. The number of benzene rings is 4. The van der Waals surface area contributed by atoms with E-state index in [0.29, 0.717) is 89.9 Å². The molecule has 0 radical (unpaired) electrons. The monoisotopic (exact) mass is 1070 g/mol. The number of amides is 4. The number of nitrogens with two attached hydrogens (primary N) is 1. The summed E-state index contributed by atoms with van der Waals surface area (Å²) in [5, 5.41) is 9.14. The Morgan fingerprint density at radius 2 is 1.01 bits per heavy atom. The molecule has 0 aliphatic carbocycles. The smallest absolute Gasteiger partial charge is 0.408 e. The number of ether oxygens (including phenoxy) is 3. The van der Waals surface area contributed by atoms with Crippen molar-refractivity contribution < 1.29 is 43.0 Å². The fraction of sp³-hybridized carbons (Fsp3) is 0.524. The van der Waals surface area contributed by atoms with Crippen molar-refractivity contribution in [2.75, 3.05) is 53.5 Å². The summed E-state index contributed by atoms with van der Waals surface area (Å²) >= 11 is 0. The molecule has 0 saturated carbocycles. The summed E-state index contributed by atoms with van der Waals surface area (Å²) in [5.74, 6) is 1.73. The Hall–Kier alpha value is -6.58. The summed E-state index contributed by atoms with van der Waals surface area (Å²) in [4.78, 5) is 83.9. The van der Waals surface area contributed by atoms with Crippen LogP contribution in [-0.2, 0) is 52.4 Å². The van der Waals surface area contributed by atoms with Crippen molar-refractivity contribution in [2.24, 2.45) is 11.7 Å². The molecule has 0 spiro atoms. The standard InChI is InChI=1S/C33H46N4O4.C30H40N2O5/c1-3-7-30(38)33(26-8-5-4-6-9-26)16-20-37(21-17-33)32(40)29(23-24-10-12-27(41-2)13-11-24)36-31(39)28(34)22-25-14-18-35-19-15-25;1-6-10-26(33)30(23-11-8-7-9-12-23)17-19-32(20-18-30)27(34)25(31-28(35)37-29(2,3)4)21-22-13-15-24(36-5)16-14-22/h4-6,8-13,25,28-29,35H,3,7,14-23,34H2,1-2H3,(H,36,39);7-9,11-16,25H,6,10,17-21H2,1-5H3,(H,31,35)/t28-,29+;25-/m01/s1. The third-order valence-corrected chi connectivity index (χ3v) is 15.7. The zero-order valence-electron chi connectivity index (χ0n) is 47.3. The van der Waals surface area contributed by atoms with E-state index in [1.807, 2.05) is 128 Å². The van der Waals surface area contributed by atoms with E-state index in [9.17, 15) is 28.8 Å². The molecule has 3 fully saturated rings. The largest absolute Gasteiger partial charge is 0.497 e. The molecule has 15 heteroatoms. The normalized spacial score (nSPS) is 17.4. The number of alkyl carbamates (subject to hydrolysis) is 1. The van der Waals surface area contributed by atoms with E-state index >= 15 is 0 Å². The van der Waals surface area contributed by atoms with Gasteiger partial charge in [-0.05, 0) is 144 Å². The maximum atomic E-state index is 14.0. The topological polar surface area (TPSA) is 199 Å². The Balaban J connectivity index is 0.000000254. The van der Waals surface area contributed by atoms with Crippen LogP contribution in [-0.4, -0.2) is 122 Å². The fourth-order valence-electron chi connectivity index (χ4n) is 11.3. The number of nitrogens with one attached hydrogen (secondary N) is 3. The molecular weight excluding hydrogens is 985 g/mol. The average Bonchev–Trinajstić information content (AvgIpc) is 3.47. The highest BCUT2D eigenvalue weighted by atomic mass is 16.6. The van der Waals surface area contributed by atoms with E-state index in [1.165, 1.54) is 0 Å². The molecule has 5 N–H and O–H groups in total. The molecule has 3 heterocycles. The van der Waals surface area contributed by atoms with Gasteiger partial charge in [0.05, 0.1) is 31.1 Å². The lowest BCUT2D eigenvalue weighted by atomic mass is 9.68. The van der Waals surface area contributed by atoms with E-state index in [-0.39, 0.29) is 29.3 Å². The first-order valence-corrected chi connectivity index (χ1v) is 28.2. The van der Waals surface area contributed by atoms with E-state index < -0.39 is 40.6 Å². The summed E-state index contributed by atoms with van der Waals surface area (Å²) in [5.41, 5.74) is 8.36. The van der Waals surface area contributed by atoms with Gasteiger partial charge in [0.25, 0.3) is 0 Å². The van der Waals surface area contributed by atoms with Gasteiger partial charge >= 0.3 is 6.09 Å². The number of carbonyl (C=O) groups is 6. The lowest BCUT2D eigenvalue weighted by Gasteiger charge is -2.42. The van der Waals surface area contributed by atoms with Crippen molar-refractivity contribution in [1.29, 1.82) is 0 Å². The SMILES string of the molecule is CCCC(=O)C1(c2ccccc2)CCN(C(=O)[C@@H](Cc2ccc(OC)cc2)NC(=O)OC(C)(C)C)CC1.CCCC(=O)C1(c2ccccc2)CCN(C(=O)[C@@H](Cc2ccc(OC)cc2)NC(=O)[C@@H](N)CC2CCNCC2)CC1. The molecule has 3 aliphatic rings. The number of likely N-dealkylation sites (tertiary alicyclic amines) is 2. The lowest BCUT2D eigenvalue weighted by molar-refractivity contribution is -0.140. The molecular formula is C63H86N6O9. The van der Waals surface area contributed by atoms with Crippen LogP contribution in [0, 0.1) is 5.92 Å². The second-order valence-corrected chi connectivity index (χ2v) is 22.3. The van der Waals surface area contributed by atoms with Crippen LogP contribution in [0.15, 0.2) is 109 Å². The van der Waals surface area contributed by atoms with Crippen molar-refractivity contribution >= 4 is 35.4 Å². The molecule has 3 aliphatic heterocycles. The Kier molecular flexibility index (Phi) is 22.4. The Bertz CT molecular complexity index is 2550. The van der Waals surface area contributed by atoms with Gasteiger partial charge in [-0.1, -0.05) is 98.8 Å². The number of nitrogens with zero attached hydrogens (tertiary/aromatic N) is 2. The lowest BCUT2D eigenvalue weighted by Crippen LogP contribution is -2.57. The third kappa shape index (κ3) is 16.5. The van der Waals surface area contributed by atoms with Crippen LogP contribution in [0.25, 0.3) is 0 Å². The van der Waals surface area contributed by atoms with Gasteiger partial charge in [0.2, 0.25) is 17.7 Å². The van der Waals surface area contributed by atoms with Crippen molar-refractivity contribution in [3.8, 4) is 11.5 Å². The summed E-state index contributed by atoms with van der Waals surface area (Å²) in [6.45, 7) is 13.1. The van der Waals surface area contributed by atoms with E-state index in [2.05, 4.69) is 16.0 Å². The number of hydrogen-bond acceptors (Lipinski definition) is 11. The number of ketones is 2. The second kappa shape index (κ2) is 28.9. The Morgan fingerprint density at radius 1 is 0.615 bits per heavy atom. The molecule has 422 valence electrons. The van der Waals surface area contributed by atoms with Crippen LogP contribution in [0.3, 0.4) is 0 Å². The van der Waals surface area contributed by atoms with Gasteiger partial charge in [0.1, 0.15) is 40.8 Å². The first-order chi connectivity index (χ1) is 37.4. The quantitative estimate of drug-likeness (QED) is 0.0625. The molecule has 78 heavy (non-hydrogen) atoms. The molecule has 3 saturated heterocycles. The molecule has 3 atom stereocenters. The van der Waals surface area contributed by atoms with Crippen LogP contribution in [0.4, 0.5) is 4.79 Å². The van der Waals surface area contributed by atoms with Gasteiger partial charge in [-0.2, -0.15) is 0 Å². The molecule has 0 aromatic heterocycles. The van der Waals surface area contributed by atoms with E-state index in [4.69, 9.17) is 19.9 Å². The number of Topliss-reactive ketones (excluding diaryl/α,β-unsaturated/α-hetero) is 2. The highest BCUT2D eigenvalue weighted by molar-refractivity contribution is 5.93. The number of hydrogen-bond donors (Lipinski definition) is 4. The molecule has 0 unspecified atom stereocenters. The summed E-state index contributed by atoms with van der Waals surface area (Å²) < 4.78 is 16.0. The van der Waals surface area contributed by atoms with Crippen LogP contribution in [0.5, 0.6) is 11.5 Å². The minimum atomic E-state index is -0.793. The summed E-state index contributed by atoms with van der Waals surface area (Å²) in [7, 11) is 3.21. The molecule has 7 rings (SSSR count). The molecule has 4 amide bonds. The maximum Gasteiger partial charge on any atom is 0.408 e. The van der Waals surface area contributed by atoms with Gasteiger partial charge in [-0.25, -0.2) is 4.79 Å². The van der Waals surface area contributed by atoms with Crippen molar-refractivity contribution in [3.05, 3.63) is 131 Å². The van der Waals surface area contributed by atoms with Gasteiger partial charge in [-0.15, -0.1) is 0 Å². The van der Waals surface area contributed by atoms with Crippen LogP contribution >= 0.6 is 0 Å². The predicted molar refractivity (Wildman–Crippen MR) is 304 cm³/mol. The molecule has 4 aromatic carbocycles. The van der Waals surface area contributed by atoms with Crippen LogP contribution in [0.1, 0.15) is 128 Å². The van der Waals surface area contributed by atoms with Crippen molar-refractivity contribution in [2.45, 2.75) is 153 Å². The van der Waals surface area contributed by atoms with E-state index in [0.717, 1.165) is 72.5 Å². The summed E-state index contributed by atoms with van der Waals surface area (Å²) in [6.07, 6.45) is 7.53. The van der Waals surface area contributed by atoms with E-state index in [1.54, 1.807) is 39.9 Å². The fourth-order valence-corrected chi connectivity index (χ4v) is 11.3. The molecule has 0 bridgehead atoms. The second-order valence-electron chi connectivity index (χ2n) is 22.3. The average molecular weight is 1070 g/mol. The van der Waals surface area contributed by atoms with Crippen molar-refractivity contribution in [1.82, 2.24) is 25.8 Å². The zero-order valence-corrected chi connectivity index (χ0v) is 47.3. The first kappa shape index (κ1) is 60.6. The Morgan fingerprint density at radius 3 is 1.38 bits per heavy atom. The number of rotatable bonds is 21. The highest BCUT2D eigenvalue weighted by Crippen LogP contribution is 2.40. The zero-order chi connectivity index (χ0) is 56.3. The third-order valence-electron chi connectivity index (χ3n) is 15.7. The van der Waals surface area contributed by atoms with Crippen LogP contribution in [0.2, 0.25) is 0 Å². The van der Waals surface area contributed by atoms with Gasteiger partial charge in [0.15, 0.2) is 0 Å². The van der Waals surface area contributed by atoms with Gasteiger partial charge in [0, 0.05) is 51.9 Å². The minimum Gasteiger partial charge on any atom is -0.497 e. The number of carbonyl (C=O) groups excluding carboxylic acids is 6. The Labute approximate surface area is 463 Å². The number of piperidine rings is 3.